The average molecular weight is 260 g/mol. The van der Waals surface area contributed by atoms with Crippen LogP contribution in [0.25, 0.3) is 22.3 Å². The Labute approximate surface area is 119 Å². The minimum atomic E-state index is 0.296. The van der Waals surface area contributed by atoms with E-state index in [1.807, 2.05) is 18.2 Å². The molecule has 0 atom stereocenters. The molecular formula is C19H16O. The summed E-state index contributed by atoms with van der Waals surface area (Å²) in [5.74, 6) is 0.296. The van der Waals surface area contributed by atoms with Gasteiger partial charge in [0.25, 0.3) is 0 Å². The second-order valence-corrected chi connectivity index (χ2v) is 5.00. The zero-order valence-electron chi connectivity index (χ0n) is 11.4. The summed E-state index contributed by atoms with van der Waals surface area (Å²) in [5.41, 5.74) is 5.95. The highest BCUT2D eigenvalue weighted by Crippen LogP contribution is 2.28. The molecule has 0 aliphatic rings. The Kier molecular flexibility index (Phi) is 3.26. The van der Waals surface area contributed by atoms with Gasteiger partial charge in [-0.05, 0) is 52.9 Å². The second-order valence-electron chi connectivity index (χ2n) is 5.00. The monoisotopic (exact) mass is 260 g/mol. The zero-order valence-corrected chi connectivity index (χ0v) is 11.4. The van der Waals surface area contributed by atoms with Crippen molar-refractivity contribution in [3.05, 3.63) is 78.4 Å². The van der Waals surface area contributed by atoms with Gasteiger partial charge in [0.1, 0.15) is 5.75 Å². The molecule has 3 aromatic rings. The minimum Gasteiger partial charge on any atom is -0.508 e. The highest BCUT2D eigenvalue weighted by atomic mass is 16.3. The third kappa shape index (κ3) is 2.57. The molecule has 0 amide bonds. The van der Waals surface area contributed by atoms with Gasteiger partial charge in [0, 0.05) is 0 Å². The van der Waals surface area contributed by atoms with Crippen molar-refractivity contribution in [2.45, 2.75) is 6.92 Å². The molecule has 3 rings (SSSR count). The molecule has 0 unspecified atom stereocenters. The predicted octanol–water partition coefficient (Wildman–Crippen LogP) is 5.03. The summed E-state index contributed by atoms with van der Waals surface area (Å²) in [5, 5.41) is 9.39. The molecule has 0 aromatic heterocycles. The van der Waals surface area contributed by atoms with Crippen molar-refractivity contribution in [3.8, 4) is 28.0 Å². The lowest BCUT2D eigenvalue weighted by Gasteiger charge is -2.08. The van der Waals surface area contributed by atoms with Crippen LogP contribution in [0.4, 0.5) is 0 Å². The Morgan fingerprint density at radius 2 is 1.15 bits per heavy atom. The van der Waals surface area contributed by atoms with E-state index in [4.69, 9.17) is 0 Å². The number of benzene rings is 3. The normalized spacial score (nSPS) is 10.4. The van der Waals surface area contributed by atoms with Crippen molar-refractivity contribution in [1.29, 1.82) is 0 Å². The van der Waals surface area contributed by atoms with Crippen LogP contribution in [0, 0.1) is 6.92 Å². The number of aryl methyl sites for hydroxylation is 1. The second kappa shape index (κ2) is 5.22. The van der Waals surface area contributed by atoms with E-state index < -0.39 is 0 Å². The standard InChI is InChI=1S/C19H16O/c1-14-11-17(15-5-3-2-4-6-15)13-18(12-14)16-7-9-19(20)10-8-16/h2-13,20H,1H3. The van der Waals surface area contributed by atoms with Gasteiger partial charge < -0.3 is 5.11 Å². The lowest BCUT2D eigenvalue weighted by atomic mass is 9.96. The number of hydrogen-bond acceptors (Lipinski definition) is 1. The number of aromatic hydroxyl groups is 1. The fourth-order valence-electron chi connectivity index (χ4n) is 2.40. The molecule has 20 heavy (non-hydrogen) atoms. The molecule has 1 nitrogen and oxygen atoms in total. The minimum absolute atomic E-state index is 0.296. The predicted molar refractivity (Wildman–Crippen MR) is 83.7 cm³/mol. The van der Waals surface area contributed by atoms with E-state index >= 15 is 0 Å². The van der Waals surface area contributed by atoms with E-state index in [1.165, 1.54) is 22.3 Å². The van der Waals surface area contributed by atoms with E-state index in [0.717, 1.165) is 5.56 Å². The molecule has 0 saturated carbocycles. The molecule has 3 aromatic carbocycles. The third-order valence-corrected chi connectivity index (χ3v) is 3.39. The molecule has 0 fully saturated rings. The Morgan fingerprint density at radius 1 is 0.600 bits per heavy atom. The van der Waals surface area contributed by atoms with Crippen LogP contribution in [0.15, 0.2) is 72.8 Å². The summed E-state index contributed by atoms with van der Waals surface area (Å²) in [6.07, 6.45) is 0. The Morgan fingerprint density at radius 3 is 1.75 bits per heavy atom. The van der Waals surface area contributed by atoms with Crippen molar-refractivity contribution in [1.82, 2.24) is 0 Å². The Hall–Kier alpha value is -2.54. The van der Waals surface area contributed by atoms with Gasteiger partial charge in [-0.1, -0.05) is 54.6 Å². The van der Waals surface area contributed by atoms with Gasteiger partial charge >= 0.3 is 0 Å². The smallest absolute Gasteiger partial charge is 0.115 e. The van der Waals surface area contributed by atoms with E-state index in [2.05, 4.69) is 49.4 Å². The van der Waals surface area contributed by atoms with E-state index in [9.17, 15) is 5.11 Å². The summed E-state index contributed by atoms with van der Waals surface area (Å²) >= 11 is 0. The van der Waals surface area contributed by atoms with Crippen molar-refractivity contribution in [2.75, 3.05) is 0 Å². The zero-order chi connectivity index (χ0) is 13.9. The molecule has 1 N–H and O–H groups in total. The van der Waals surface area contributed by atoms with E-state index in [-0.39, 0.29) is 0 Å². The largest absolute Gasteiger partial charge is 0.508 e. The maximum atomic E-state index is 9.39. The molecule has 1 heteroatoms. The van der Waals surface area contributed by atoms with Crippen LogP contribution < -0.4 is 0 Å². The Balaban J connectivity index is 2.09. The van der Waals surface area contributed by atoms with Crippen LogP contribution in [-0.4, -0.2) is 5.11 Å². The first-order valence-electron chi connectivity index (χ1n) is 6.69. The molecule has 0 bridgehead atoms. The first-order chi connectivity index (χ1) is 9.72. The van der Waals surface area contributed by atoms with Gasteiger partial charge in [0.05, 0.1) is 0 Å². The van der Waals surface area contributed by atoms with E-state index in [1.54, 1.807) is 12.1 Å². The van der Waals surface area contributed by atoms with Crippen molar-refractivity contribution in [2.24, 2.45) is 0 Å². The van der Waals surface area contributed by atoms with Gasteiger partial charge in [-0.25, -0.2) is 0 Å². The lowest BCUT2D eigenvalue weighted by Crippen LogP contribution is -1.84. The molecule has 0 spiro atoms. The highest BCUT2D eigenvalue weighted by molar-refractivity contribution is 5.74. The Bertz CT molecular complexity index is 713. The molecule has 0 aliphatic carbocycles. The van der Waals surface area contributed by atoms with E-state index in [0.29, 0.717) is 5.75 Å². The van der Waals surface area contributed by atoms with Gasteiger partial charge in [-0.3, -0.25) is 0 Å². The quantitative estimate of drug-likeness (QED) is 0.684. The van der Waals surface area contributed by atoms with Crippen molar-refractivity contribution < 1.29 is 5.11 Å². The first kappa shape index (κ1) is 12.5. The fourth-order valence-corrected chi connectivity index (χ4v) is 2.40. The average Bonchev–Trinajstić information content (AvgIpc) is 2.48. The van der Waals surface area contributed by atoms with Gasteiger partial charge in [-0.15, -0.1) is 0 Å². The van der Waals surface area contributed by atoms with Crippen LogP contribution in [0.3, 0.4) is 0 Å². The molecule has 0 heterocycles. The fraction of sp³-hybridized carbons (Fsp3) is 0.0526. The first-order valence-corrected chi connectivity index (χ1v) is 6.69. The van der Waals surface area contributed by atoms with Crippen LogP contribution in [-0.2, 0) is 0 Å². The van der Waals surface area contributed by atoms with Crippen LogP contribution >= 0.6 is 0 Å². The van der Waals surface area contributed by atoms with Crippen LogP contribution in [0.1, 0.15) is 5.56 Å². The lowest BCUT2D eigenvalue weighted by molar-refractivity contribution is 0.475. The summed E-state index contributed by atoms with van der Waals surface area (Å²) < 4.78 is 0. The van der Waals surface area contributed by atoms with Crippen molar-refractivity contribution in [3.63, 3.8) is 0 Å². The SMILES string of the molecule is Cc1cc(-c2ccccc2)cc(-c2ccc(O)cc2)c1. The molecule has 98 valence electrons. The molecule has 0 aliphatic heterocycles. The maximum absolute atomic E-state index is 9.39. The van der Waals surface area contributed by atoms with Crippen molar-refractivity contribution >= 4 is 0 Å². The number of phenolic OH excluding ortho intramolecular Hbond substituents is 1. The molecule has 0 radical (unpaired) electrons. The van der Waals surface area contributed by atoms with Gasteiger partial charge in [-0.2, -0.15) is 0 Å². The van der Waals surface area contributed by atoms with Crippen LogP contribution in [0.5, 0.6) is 5.75 Å². The number of rotatable bonds is 2. The summed E-state index contributed by atoms with van der Waals surface area (Å²) in [6, 6.07) is 24.3. The van der Waals surface area contributed by atoms with Gasteiger partial charge in [0.2, 0.25) is 0 Å². The third-order valence-electron chi connectivity index (χ3n) is 3.39. The maximum Gasteiger partial charge on any atom is 0.115 e. The highest BCUT2D eigenvalue weighted by Gasteiger charge is 2.03. The number of phenols is 1. The summed E-state index contributed by atoms with van der Waals surface area (Å²) in [6.45, 7) is 2.11. The molecular weight excluding hydrogens is 244 g/mol. The van der Waals surface area contributed by atoms with Gasteiger partial charge in [0.15, 0.2) is 0 Å². The summed E-state index contributed by atoms with van der Waals surface area (Å²) in [7, 11) is 0. The topological polar surface area (TPSA) is 20.2 Å². The summed E-state index contributed by atoms with van der Waals surface area (Å²) in [4.78, 5) is 0. The van der Waals surface area contributed by atoms with Crippen LogP contribution in [0.2, 0.25) is 0 Å². The molecule has 0 saturated heterocycles. The number of hydrogen-bond donors (Lipinski definition) is 1.